The highest BCUT2D eigenvalue weighted by atomic mass is 16.6. The molecule has 1 saturated carbocycles. The topological polar surface area (TPSA) is 191 Å². The fourth-order valence-electron chi connectivity index (χ4n) is 4.11. The molecule has 38 heavy (non-hydrogen) atoms. The van der Waals surface area contributed by atoms with Crippen LogP contribution in [0.4, 0.5) is 11.4 Å². The lowest BCUT2D eigenvalue weighted by Gasteiger charge is -2.24. The van der Waals surface area contributed by atoms with Crippen molar-refractivity contribution in [2.24, 2.45) is 11.7 Å². The van der Waals surface area contributed by atoms with Gasteiger partial charge in [-0.05, 0) is 30.5 Å². The molecule has 12 heteroatoms. The number of non-ortho nitro benzene ring substituents is 1. The number of ketones is 1. The number of benzene rings is 2. The second kappa shape index (κ2) is 13.1. The number of nitro benzene ring substituents is 1. The van der Waals surface area contributed by atoms with Crippen LogP contribution in [-0.4, -0.2) is 46.4 Å². The Labute approximate surface area is 218 Å². The van der Waals surface area contributed by atoms with Gasteiger partial charge in [-0.25, -0.2) is 0 Å². The summed E-state index contributed by atoms with van der Waals surface area (Å²) in [6, 6.07) is 11.8. The first-order chi connectivity index (χ1) is 18.1. The number of Topliss-reactive ketones (excluding diaryl/α,β-unsaturated/α-hetero) is 1. The number of rotatable bonds is 12. The van der Waals surface area contributed by atoms with E-state index < -0.39 is 46.6 Å². The van der Waals surface area contributed by atoms with Crippen molar-refractivity contribution in [2.75, 3.05) is 5.32 Å². The molecule has 12 nitrogen and oxygen atoms in total. The maximum Gasteiger partial charge on any atom is 0.269 e. The minimum absolute atomic E-state index is 0.0105. The van der Waals surface area contributed by atoms with E-state index in [2.05, 4.69) is 16.0 Å². The van der Waals surface area contributed by atoms with Gasteiger partial charge in [-0.1, -0.05) is 30.3 Å². The smallest absolute Gasteiger partial charge is 0.269 e. The first-order valence-electron chi connectivity index (χ1n) is 12.1. The largest absolute Gasteiger partial charge is 0.370 e. The molecule has 1 fully saturated rings. The highest BCUT2D eigenvalue weighted by molar-refractivity contribution is 5.99. The van der Waals surface area contributed by atoms with Crippen molar-refractivity contribution in [2.45, 2.75) is 50.6 Å². The SMILES string of the molecule is NC(=O)CCC(NC(=O)C(Cc1ccccc1)NC(=O)C1CCC(=O)C1)C(=O)Nc1ccc([N+](=O)[O-])cc1. The molecule has 4 amide bonds. The van der Waals surface area contributed by atoms with E-state index in [1.807, 2.05) is 6.07 Å². The zero-order valence-electron chi connectivity index (χ0n) is 20.6. The van der Waals surface area contributed by atoms with Crippen molar-refractivity contribution in [1.29, 1.82) is 0 Å². The third-order valence-electron chi connectivity index (χ3n) is 6.19. The lowest BCUT2D eigenvalue weighted by atomic mass is 10.0. The summed E-state index contributed by atoms with van der Waals surface area (Å²) in [6.07, 6.45) is 0.659. The van der Waals surface area contributed by atoms with Gasteiger partial charge in [0.05, 0.1) is 4.92 Å². The van der Waals surface area contributed by atoms with E-state index >= 15 is 0 Å². The molecule has 5 N–H and O–H groups in total. The summed E-state index contributed by atoms with van der Waals surface area (Å²) in [5, 5.41) is 18.7. The number of nitrogens with zero attached hydrogens (tertiary/aromatic N) is 1. The van der Waals surface area contributed by atoms with Crippen LogP contribution in [0.1, 0.15) is 37.7 Å². The Morgan fingerprint density at radius 2 is 1.66 bits per heavy atom. The van der Waals surface area contributed by atoms with Crippen LogP contribution in [0.25, 0.3) is 0 Å². The van der Waals surface area contributed by atoms with Crippen LogP contribution in [-0.2, 0) is 30.4 Å². The van der Waals surface area contributed by atoms with E-state index in [0.29, 0.717) is 12.8 Å². The number of carbonyl (C=O) groups excluding carboxylic acids is 5. The Hall–Kier alpha value is -4.61. The molecule has 0 radical (unpaired) electrons. The summed E-state index contributed by atoms with van der Waals surface area (Å²) in [4.78, 5) is 72.5. The van der Waals surface area contributed by atoms with E-state index in [9.17, 15) is 34.1 Å². The molecule has 1 aliphatic rings. The van der Waals surface area contributed by atoms with Crippen molar-refractivity contribution < 1.29 is 28.9 Å². The number of carbonyl (C=O) groups is 5. The molecule has 0 aliphatic heterocycles. The van der Waals surface area contributed by atoms with Crippen molar-refractivity contribution in [3.8, 4) is 0 Å². The highest BCUT2D eigenvalue weighted by Gasteiger charge is 2.32. The Balaban J connectivity index is 1.75. The summed E-state index contributed by atoms with van der Waals surface area (Å²) in [5.41, 5.74) is 6.10. The summed E-state index contributed by atoms with van der Waals surface area (Å²) >= 11 is 0. The van der Waals surface area contributed by atoms with Gasteiger partial charge in [-0.15, -0.1) is 0 Å². The summed E-state index contributed by atoms with van der Waals surface area (Å²) in [5.74, 6) is -2.95. The van der Waals surface area contributed by atoms with E-state index in [1.165, 1.54) is 24.3 Å². The molecule has 3 unspecified atom stereocenters. The maximum absolute atomic E-state index is 13.3. The standard InChI is InChI=1S/C26H29N5O7/c27-23(33)13-12-21(25(35)28-18-7-9-19(10-8-18)31(37)38)29-26(36)22(14-16-4-2-1-3-5-16)30-24(34)17-6-11-20(32)15-17/h1-5,7-10,17,21-22H,6,11-15H2,(H2,27,33)(H,28,35)(H,29,36)(H,30,34). The fraction of sp³-hybridized carbons (Fsp3) is 0.346. The Bertz CT molecular complexity index is 1200. The van der Waals surface area contributed by atoms with Gasteiger partial charge in [-0.2, -0.15) is 0 Å². The Morgan fingerprint density at radius 1 is 0.974 bits per heavy atom. The normalized spacial score (nSPS) is 16.2. The van der Waals surface area contributed by atoms with Gasteiger partial charge < -0.3 is 21.7 Å². The number of anilines is 1. The number of nitrogens with two attached hydrogens (primary N) is 1. The molecule has 1 aliphatic carbocycles. The molecule has 2 aromatic rings. The summed E-state index contributed by atoms with van der Waals surface area (Å²) < 4.78 is 0. The first-order valence-corrected chi connectivity index (χ1v) is 12.1. The molecule has 2 aromatic carbocycles. The second-order valence-corrected chi connectivity index (χ2v) is 9.09. The highest BCUT2D eigenvalue weighted by Crippen LogP contribution is 2.22. The molecule has 200 valence electrons. The lowest BCUT2D eigenvalue weighted by molar-refractivity contribution is -0.384. The van der Waals surface area contributed by atoms with Gasteiger partial charge in [0.2, 0.25) is 23.6 Å². The zero-order chi connectivity index (χ0) is 27.7. The number of hydrogen-bond donors (Lipinski definition) is 4. The average molecular weight is 524 g/mol. The van der Waals surface area contributed by atoms with E-state index in [-0.39, 0.29) is 42.8 Å². The van der Waals surface area contributed by atoms with Crippen molar-refractivity contribution >= 4 is 40.8 Å². The van der Waals surface area contributed by atoms with E-state index in [4.69, 9.17) is 5.73 Å². The van der Waals surface area contributed by atoms with Crippen molar-refractivity contribution in [3.05, 3.63) is 70.3 Å². The monoisotopic (exact) mass is 523 g/mol. The van der Waals surface area contributed by atoms with Gasteiger partial charge in [0.1, 0.15) is 17.9 Å². The summed E-state index contributed by atoms with van der Waals surface area (Å²) in [6.45, 7) is 0. The molecular formula is C26H29N5O7. The molecule has 3 rings (SSSR count). The second-order valence-electron chi connectivity index (χ2n) is 9.09. The van der Waals surface area contributed by atoms with Crippen LogP contribution in [0, 0.1) is 16.0 Å². The van der Waals surface area contributed by atoms with Gasteiger partial charge in [-0.3, -0.25) is 34.1 Å². The minimum atomic E-state index is -1.19. The third kappa shape index (κ3) is 8.22. The fourth-order valence-corrected chi connectivity index (χ4v) is 4.11. The molecule has 0 heterocycles. The molecule has 0 spiro atoms. The summed E-state index contributed by atoms with van der Waals surface area (Å²) in [7, 11) is 0. The van der Waals surface area contributed by atoms with Crippen LogP contribution in [0.3, 0.4) is 0 Å². The number of nitrogens with one attached hydrogen (secondary N) is 3. The molecule has 0 bridgehead atoms. The third-order valence-corrected chi connectivity index (χ3v) is 6.19. The number of hydrogen-bond acceptors (Lipinski definition) is 7. The van der Waals surface area contributed by atoms with E-state index in [0.717, 1.165) is 5.56 Å². The first kappa shape index (κ1) is 28.0. The molecule has 3 atom stereocenters. The predicted octanol–water partition coefficient (Wildman–Crippen LogP) is 1.38. The van der Waals surface area contributed by atoms with Gasteiger partial charge in [0.15, 0.2) is 0 Å². The zero-order valence-corrected chi connectivity index (χ0v) is 20.6. The Morgan fingerprint density at radius 3 is 2.24 bits per heavy atom. The van der Waals surface area contributed by atoms with Crippen LogP contribution < -0.4 is 21.7 Å². The number of amides is 4. The van der Waals surface area contributed by atoms with Crippen LogP contribution >= 0.6 is 0 Å². The number of primary amides is 1. The van der Waals surface area contributed by atoms with E-state index in [1.54, 1.807) is 24.3 Å². The lowest BCUT2D eigenvalue weighted by Crippen LogP contribution is -2.54. The average Bonchev–Trinajstić information content (AvgIpc) is 3.33. The molecule has 0 saturated heterocycles. The maximum atomic E-state index is 13.3. The van der Waals surface area contributed by atoms with Crippen LogP contribution in [0.5, 0.6) is 0 Å². The number of nitro groups is 1. The van der Waals surface area contributed by atoms with Crippen LogP contribution in [0.2, 0.25) is 0 Å². The van der Waals surface area contributed by atoms with Gasteiger partial charge in [0.25, 0.3) is 5.69 Å². The predicted molar refractivity (Wildman–Crippen MR) is 137 cm³/mol. The van der Waals surface area contributed by atoms with Crippen LogP contribution in [0.15, 0.2) is 54.6 Å². The van der Waals surface area contributed by atoms with Gasteiger partial charge in [0, 0.05) is 49.4 Å². The Kier molecular flexibility index (Phi) is 9.63. The van der Waals surface area contributed by atoms with Crippen molar-refractivity contribution in [1.82, 2.24) is 10.6 Å². The molecule has 0 aromatic heterocycles. The van der Waals surface area contributed by atoms with Crippen molar-refractivity contribution in [3.63, 3.8) is 0 Å². The minimum Gasteiger partial charge on any atom is -0.370 e. The molecular weight excluding hydrogens is 494 g/mol. The quantitative estimate of drug-likeness (QED) is 0.238. The van der Waals surface area contributed by atoms with Gasteiger partial charge >= 0.3 is 0 Å².